The summed E-state index contributed by atoms with van der Waals surface area (Å²) in [6, 6.07) is 10.4. The molecule has 38 heavy (non-hydrogen) atoms. The number of amides is 2. The van der Waals surface area contributed by atoms with E-state index < -0.39 is 0 Å². The van der Waals surface area contributed by atoms with Crippen LogP contribution in [0.5, 0.6) is 5.75 Å². The lowest BCUT2D eigenvalue weighted by Crippen LogP contribution is -2.46. The number of fused-ring (bicyclic) bond motifs is 2. The lowest BCUT2D eigenvalue weighted by molar-refractivity contribution is 0.132. The smallest absolute Gasteiger partial charge is 0.320 e. The topological polar surface area (TPSA) is 119 Å². The first-order valence-electron chi connectivity index (χ1n) is 13.2. The second-order valence-electron chi connectivity index (χ2n) is 10.1. The Balaban J connectivity index is 1.21. The third-order valence-electron chi connectivity index (χ3n) is 7.64. The quantitative estimate of drug-likeness (QED) is 0.488. The van der Waals surface area contributed by atoms with Crippen molar-refractivity contribution in [1.82, 2.24) is 24.8 Å². The summed E-state index contributed by atoms with van der Waals surface area (Å²) >= 11 is 0. The van der Waals surface area contributed by atoms with Gasteiger partial charge in [-0.25, -0.2) is 9.78 Å². The number of allylic oxidation sites excluding steroid dienone is 1. The molecule has 1 aromatic carbocycles. The number of methoxy groups -OCH3 is 1. The maximum Gasteiger partial charge on any atom is 0.320 e. The van der Waals surface area contributed by atoms with Crippen LogP contribution in [0.2, 0.25) is 0 Å². The Morgan fingerprint density at radius 1 is 1.18 bits per heavy atom. The molecule has 10 nitrogen and oxygen atoms in total. The van der Waals surface area contributed by atoms with Gasteiger partial charge in [-0.1, -0.05) is 6.07 Å². The van der Waals surface area contributed by atoms with Gasteiger partial charge in [-0.05, 0) is 61.4 Å². The van der Waals surface area contributed by atoms with Gasteiger partial charge < -0.3 is 24.3 Å². The first-order valence-corrected chi connectivity index (χ1v) is 13.2. The number of piperidine rings is 1. The van der Waals surface area contributed by atoms with Gasteiger partial charge in [-0.2, -0.15) is 10.2 Å². The van der Waals surface area contributed by atoms with Crippen LogP contribution in [0.4, 0.5) is 10.7 Å². The molecule has 3 aliphatic rings. The van der Waals surface area contributed by atoms with E-state index in [0.717, 1.165) is 59.5 Å². The molecule has 0 bridgehead atoms. The van der Waals surface area contributed by atoms with Crippen LogP contribution < -0.4 is 10.1 Å². The van der Waals surface area contributed by atoms with Gasteiger partial charge in [0, 0.05) is 36.3 Å². The van der Waals surface area contributed by atoms with Gasteiger partial charge in [-0.15, -0.1) is 0 Å². The van der Waals surface area contributed by atoms with Crippen LogP contribution in [-0.4, -0.2) is 64.1 Å². The van der Waals surface area contributed by atoms with Gasteiger partial charge in [0.25, 0.3) is 0 Å². The van der Waals surface area contributed by atoms with Crippen molar-refractivity contribution >= 4 is 23.1 Å². The van der Waals surface area contributed by atoms with Crippen LogP contribution in [-0.2, 0) is 11.3 Å². The fourth-order valence-corrected chi connectivity index (χ4v) is 5.23. The summed E-state index contributed by atoms with van der Waals surface area (Å²) < 4.78 is 11.5. The Kier molecular flexibility index (Phi) is 6.50. The zero-order valence-corrected chi connectivity index (χ0v) is 21.5. The zero-order valence-electron chi connectivity index (χ0n) is 21.5. The molecule has 6 rings (SSSR count). The average molecular weight is 514 g/mol. The normalized spacial score (nSPS) is 17.6. The molecule has 0 atom stereocenters. The van der Waals surface area contributed by atoms with E-state index in [1.54, 1.807) is 7.11 Å². The summed E-state index contributed by atoms with van der Waals surface area (Å²) in [5, 5.41) is 12.4. The minimum absolute atomic E-state index is 0.0103. The van der Waals surface area contributed by atoms with E-state index >= 15 is 0 Å². The minimum atomic E-state index is 0.0103. The number of imidazole rings is 1. The monoisotopic (exact) mass is 513 g/mol. The molecule has 0 unspecified atom stereocenters. The largest absolute Gasteiger partial charge is 0.491 e. The predicted molar refractivity (Wildman–Crippen MR) is 142 cm³/mol. The van der Waals surface area contributed by atoms with E-state index in [1.807, 2.05) is 34.2 Å². The van der Waals surface area contributed by atoms with Crippen molar-refractivity contribution in [3.8, 4) is 22.9 Å². The average Bonchev–Trinajstić information content (AvgIpc) is 3.20. The molecule has 2 fully saturated rings. The molecule has 2 aromatic heterocycles. The summed E-state index contributed by atoms with van der Waals surface area (Å²) in [5.41, 5.74) is 5.62. The van der Waals surface area contributed by atoms with E-state index in [1.165, 1.54) is 12.0 Å². The SMILES string of the molecule is COC(Nc1nc2ncc(-c3ccc4c(c3)CN(C(=O)N3CCC(C#N)CC3)CCO4)cc2[nH]1)=C1CCC1. The minimum Gasteiger partial charge on any atom is -0.491 e. The second kappa shape index (κ2) is 10.2. The number of anilines is 1. The Morgan fingerprint density at radius 3 is 2.76 bits per heavy atom. The molecular formula is C28H31N7O3. The standard InChI is InChI=1S/C28H31N7O3/c1-37-26(19-3-2-4-19)33-27-31-23-14-21(16-30-25(23)32-27)20-5-6-24-22(13-20)17-35(11-12-38-24)28(36)34-9-7-18(15-29)8-10-34/h5-6,13-14,16,18H,2-4,7-12,17H2,1H3,(H2,30,31,32,33). The molecule has 4 heterocycles. The Hall–Kier alpha value is -4.26. The number of aromatic nitrogens is 3. The number of urea groups is 1. The van der Waals surface area contributed by atoms with E-state index in [2.05, 4.69) is 32.4 Å². The first kappa shape index (κ1) is 24.1. The summed E-state index contributed by atoms with van der Waals surface area (Å²) in [7, 11) is 1.67. The molecule has 1 saturated heterocycles. The fraction of sp³-hybridized carbons (Fsp3) is 0.429. The Morgan fingerprint density at radius 2 is 2.03 bits per heavy atom. The second-order valence-corrected chi connectivity index (χ2v) is 10.1. The number of carbonyl (C=O) groups excluding carboxylic acids is 1. The van der Waals surface area contributed by atoms with Crippen molar-refractivity contribution < 1.29 is 14.3 Å². The number of ether oxygens (including phenoxy) is 2. The molecule has 2 N–H and O–H groups in total. The fourth-order valence-electron chi connectivity index (χ4n) is 5.23. The van der Waals surface area contributed by atoms with E-state index in [9.17, 15) is 4.79 Å². The number of rotatable bonds is 4. The van der Waals surface area contributed by atoms with E-state index in [-0.39, 0.29) is 11.9 Å². The van der Waals surface area contributed by atoms with Gasteiger partial charge in [0.1, 0.15) is 12.4 Å². The highest BCUT2D eigenvalue weighted by Gasteiger charge is 2.28. The number of aromatic amines is 1. The van der Waals surface area contributed by atoms with Crippen molar-refractivity contribution in [2.45, 2.75) is 38.6 Å². The number of benzene rings is 1. The highest BCUT2D eigenvalue weighted by molar-refractivity contribution is 5.80. The summed E-state index contributed by atoms with van der Waals surface area (Å²) in [6.45, 7) is 2.69. The van der Waals surface area contributed by atoms with E-state index in [0.29, 0.717) is 44.4 Å². The number of nitriles is 1. The molecule has 3 aromatic rings. The maximum atomic E-state index is 13.3. The molecule has 1 saturated carbocycles. The number of H-pyrrole nitrogens is 1. The molecule has 2 aliphatic heterocycles. The lowest BCUT2D eigenvalue weighted by atomic mass is 9.93. The molecule has 2 amide bonds. The van der Waals surface area contributed by atoms with Crippen molar-refractivity contribution in [3.05, 3.63) is 47.5 Å². The molecule has 196 valence electrons. The molecule has 0 radical (unpaired) electrons. The van der Waals surface area contributed by atoms with Crippen LogP contribution in [0, 0.1) is 17.2 Å². The first-order chi connectivity index (χ1) is 18.6. The lowest BCUT2D eigenvalue weighted by Gasteiger charge is -2.33. The number of likely N-dealkylation sites (tertiary alicyclic amines) is 1. The van der Waals surface area contributed by atoms with Crippen LogP contribution in [0.25, 0.3) is 22.3 Å². The van der Waals surface area contributed by atoms with Crippen LogP contribution in [0.1, 0.15) is 37.7 Å². The molecule has 0 spiro atoms. The van der Waals surface area contributed by atoms with Gasteiger partial charge >= 0.3 is 6.03 Å². The Labute approximate surface area is 221 Å². The maximum absolute atomic E-state index is 13.3. The highest BCUT2D eigenvalue weighted by atomic mass is 16.5. The van der Waals surface area contributed by atoms with Gasteiger partial charge in [0.05, 0.1) is 31.8 Å². The highest BCUT2D eigenvalue weighted by Crippen LogP contribution is 2.32. The van der Waals surface area contributed by atoms with Crippen molar-refractivity contribution in [3.63, 3.8) is 0 Å². The van der Waals surface area contributed by atoms with Crippen LogP contribution in [0.15, 0.2) is 41.9 Å². The van der Waals surface area contributed by atoms with Gasteiger partial charge in [0.15, 0.2) is 11.5 Å². The number of nitrogens with one attached hydrogen (secondary N) is 2. The third-order valence-corrected chi connectivity index (χ3v) is 7.64. The molecule has 1 aliphatic carbocycles. The Bertz CT molecular complexity index is 1430. The van der Waals surface area contributed by atoms with Crippen molar-refractivity contribution in [2.75, 3.05) is 38.7 Å². The molecular weight excluding hydrogens is 482 g/mol. The van der Waals surface area contributed by atoms with Crippen molar-refractivity contribution in [2.24, 2.45) is 5.92 Å². The predicted octanol–water partition coefficient (Wildman–Crippen LogP) is 4.63. The molecule has 10 heteroatoms. The van der Waals surface area contributed by atoms with Crippen LogP contribution >= 0.6 is 0 Å². The van der Waals surface area contributed by atoms with Gasteiger partial charge in [-0.3, -0.25) is 5.32 Å². The number of carbonyl (C=O) groups is 1. The van der Waals surface area contributed by atoms with Gasteiger partial charge in [0.2, 0.25) is 5.95 Å². The summed E-state index contributed by atoms with van der Waals surface area (Å²) in [4.78, 5) is 29.4. The summed E-state index contributed by atoms with van der Waals surface area (Å²) in [6.07, 6.45) is 6.56. The number of hydrogen-bond acceptors (Lipinski definition) is 7. The number of nitrogens with zero attached hydrogens (tertiary/aromatic N) is 5. The number of hydrogen-bond donors (Lipinski definition) is 2. The summed E-state index contributed by atoms with van der Waals surface area (Å²) in [5.74, 6) is 2.20. The number of pyridine rings is 1. The third kappa shape index (κ3) is 4.72. The van der Waals surface area contributed by atoms with E-state index in [4.69, 9.17) is 14.7 Å². The zero-order chi connectivity index (χ0) is 26.1. The van der Waals surface area contributed by atoms with Crippen molar-refractivity contribution in [1.29, 1.82) is 5.26 Å². The van der Waals surface area contributed by atoms with Crippen LogP contribution in [0.3, 0.4) is 0 Å².